The zero-order chi connectivity index (χ0) is 12.8. The summed E-state index contributed by atoms with van der Waals surface area (Å²) in [5, 5.41) is 16.7. The first kappa shape index (κ1) is 15.0. The van der Waals surface area contributed by atoms with Crippen molar-refractivity contribution in [2.75, 3.05) is 0 Å². The summed E-state index contributed by atoms with van der Waals surface area (Å²) in [5.41, 5.74) is -1.24. The maximum absolute atomic E-state index is 10.6. The number of hydrogen-bond donors (Lipinski definition) is 0. The molecule has 0 saturated heterocycles. The van der Waals surface area contributed by atoms with Gasteiger partial charge in [0.1, 0.15) is 0 Å². The van der Waals surface area contributed by atoms with E-state index < -0.39 is 10.8 Å². The van der Waals surface area contributed by atoms with Gasteiger partial charge in [0, 0.05) is 6.42 Å². The Morgan fingerprint density at radius 2 is 1.94 bits per heavy atom. The molecule has 0 rings (SSSR count). The quantitative estimate of drug-likeness (QED) is 0.530. The fourth-order valence-corrected chi connectivity index (χ4v) is 0.881. The van der Waals surface area contributed by atoms with Gasteiger partial charge in [-0.1, -0.05) is 6.92 Å². The third-order valence-electron chi connectivity index (χ3n) is 2.46. The van der Waals surface area contributed by atoms with Crippen LogP contribution in [0.3, 0.4) is 0 Å². The highest BCUT2D eigenvalue weighted by molar-refractivity contribution is 6.63. The molecule has 0 aliphatic heterocycles. The lowest BCUT2D eigenvalue weighted by Gasteiger charge is -2.19. The molecule has 4 nitrogen and oxygen atoms in total. The van der Waals surface area contributed by atoms with Gasteiger partial charge < -0.3 is 0 Å². The molecule has 0 saturated carbocycles. The summed E-state index contributed by atoms with van der Waals surface area (Å²) in [6.45, 7) is 7.55. The van der Waals surface area contributed by atoms with Gasteiger partial charge in [0.15, 0.2) is 5.54 Å². The van der Waals surface area contributed by atoms with E-state index in [1.807, 2.05) is 20.8 Å². The van der Waals surface area contributed by atoms with Crippen LogP contribution in [0.1, 0.15) is 47.0 Å². The summed E-state index contributed by atoms with van der Waals surface area (Å²) in [4.78, 5) is 10.6. The van der Waals surface area contributed by atoms with Crippen LogP contribution in [0.5, 0.6) is 0 Å². The number of nitrogens with zero attached hydrogens (tertiary/aromatic N) is 3. The molecule has 0 radical (unpaired) electrons. The fraction of sp³-hybridized carbons (Fsp3) is 0.818. The Balaban J connectivity index is 4.61. The first-order chi connectivity index (χ1) is 7.24. The van der Waals surface area contributed by atoms with Crippen molar-refractivity contribution in [1.29, 1.82) is 5.26 Å². The molecule has 0 spiro atoms. The highest BCUT2D eigenvalue weighted by Crippen LogP contribution is 2.22. The minimum Gasteiger partial charge on any atom is -0.281 e. The van der Waals surface area contributed by atoms with E-state index in [4.69, 9.17) is 16.9 Å². The average molecular weight is 244 g/mol. The van der Waals surface area contributed by atoms with Crippen molar-refractivity contribution >= 4 is 16.8 Å². The predicted octanol–water partition coefficient (Wildman–Crippen LogP) is 3.46. The van der Waals surface area contributed by atoms with Gasteiger partial charge in [-0.25, -0.2) is 0 Å². The summed E-state index contributed by atoms with van der Waals surface area (Å²) in [6, 6.07) is 2.06. The first-order valence-electron chi connectivity index (χ1n) is 5.28. The lowest BCUT2D eigenvalue weighted by atomic mass is 9.99. The number of carbonyl (C=O) groups is 1. The summed E-state index contributed by atoms with van der Waals surface area (Å²) in [6.07, 6.45) is 1.28. The predicted molar refractivity (Wildman–Crippen MR) is 63.3 cm³/mol. The molecule has 0 aromatic heterocycles. The molecule has 90 valence electrons. The third-order valence-corrected chi connectivity index (χ3v) is 2.64. The van der Waals surface area contributed by atoms with Crippen LogP contribution in [0.2, 0.25) is 0 Å². The molecule has 16 heavy (non-hydrogen) atoms. The van der Waals surface area contributed by atoms with Gasteiger partial charge in [-0.2, -0.15) is 15.5 Å². The number of azo groups is 1. The second-order valence-electron chi connectivity index (χ2n) is 4.61. The topological polar surface area (TPSA) is 65.6 Å². The van der Waals surface area contributed by atoms with Gasteiger partial charge in [0.05, 0.1) is 11.6 Å². The minimum absolute atomic E-state index is 0.136. The molecular formula is C11H18ClN3O. The number of halogens is 1. The van der Waals surface area contributed by atoms with Gasteiger partial charge in [0.25, 0.3) is 0 Å². The maximum atomic E-state index is 10.6. The zero-order valence-corrected chi connectivity index (χ0v) is 11.0. The van der Waals surface area contributed by atoms with E-state index in [1.165, 1.54) is 0 Å². The fourth-order valence-electron chi connectivity index (χ4n) is 0.786. The molecule has 1 atom stereocenters. The van der Waals surface area contributed by atoms with Crippen molar-refractivity contribution in [3.05, 3.63) is 0 Å². The molecule has 0 aliphatic carbocycles. The molecule has 0 fully saturated rings. The lowest BCUT2D eigenvalue weighted by molar-refractivity contribution is -0.111. The largest absolute Gasteiger partial charge is 0.281 e. The Kier molecular flexibility index (Phi) is 5.60. The zero-order valence-electron chi connectivity index (χ0n) is 10.2. The third kappa shape index (κ3) is 5.82. The summed E-state index contributed by atoms with van der Waals surface area (Å²) >= 11 is 5.24. The monoisotopic (exact) mass is 243 g/mol. The maximum Gasteiger partial charge on any atom is 0.221 e. The van der Waals surface area contributed by atoms with Crippen LogP contribution in [0.15, 0.2) is 10.2 Å². The van der Waals surface area contributed by atoms with Gasteiger partial charge in [-0.15, -0.1) is 0 Å². The van der Waals surface area contributed by atoms with Gasteiger partial charge >= 0.3 is 0 Å². The average Bonchev–Trinajstić information content (AvgIpc) is 2.24. The SMILES string of the molecule is CCC(C)(C)/N=N/C(C)(C#N)CCC(=O)Cl. The molecular weight excluding hydrogens is 226 g/mol. The standard InChI is InChI=1S/C11H18ClN3O/c1-5-10(2,3)14-15-11(4,8-13)7-6-9(12)16/h5-7H2,1-4H3/b15-14+. The molecule has 0 aliphatic rings. The van der Waals surface area contributed by atoms with Crippen LogP contribution >= 0.6 is 11.6 Å². The molecule has 0 amide bonds. The smallest absolute Gasteiger partial charge is 0.221 e. The number of nitriles is 1. The number of carbonyl (C=O) groups excluding carboxylic acids is 1. The Labute approximate surface area is 102 Å². The number of hydrogen-bond acceptors (Lipinski definition) is 4. The van der Waals surface area contributed by atoms with Crippen molar-refractivity contribution in [2.45, 2.75) is 58.0 Å². The van der Waals surface area contributed by atoms with Gasteiger partial charge in [-0.3, -0.25) is 4.79 Å². The van der Waals surface area contributed by atoms with Crippen LogP contribution in [-0.4, -0.2) is 16.3 Å². The van der Waals surface area contributed by atoms with E-state index in [2.05, 4.69) is 16.3 Å². The van der Waals surface area contributed by atoms with E-state index in [9.17, 15) is 4.79 Å². The van der Waals surface area contributed by atoms with E-state index in [1.54, 1.807) is 6.92 Å². The lowest BCUT2D eigenvalue weighted by Crippen LogP contribution is -2.22. The van der Waals surface area contributed by atoms with Crippen molar-refractivity contribution in [1.82, 2.24) is 0 Å². The molecule has 0 aromatic rings. The molecule has 0 heterocycles. The van der Waals surface area contributed by atoms with Crippen molar-refractivity contribution in [3.63, 3.8) is 0 Å². The molecule has 0 N–H and O–H groups in total. The van der Waals surface area contributed by atoms with Crippen LogP contribution in [0.4, 0.5) is 0 Å². The van der Waals surface area contributed by atoms with Crippen LogP contribution < -0.4 is 0 Å². The Morgan fingerprint density at radius 1 is 1.38 bits per heavy atom. The van der Waals surface area contributed by atoms with E-state index in [-0.39, 0.29) is 12.0 Å². The Bertz CT molecular complexity index is 320. The Morgan fingerprint density at radius 3 is 2.31 bits per heavy atom. The van der Waals surface area contributed by atoms with Crippen LogP contribution in [0.25, 0.3) is 0 Å². The van der Waals surface area contributed by atoms with Gasteiger partial charge in [-0.05, 0) is 45.2 Å². The van der Waals surface area contributed by atoms with E-state index in [0.29, 0.717) is 6.42 Å². The molecule has 1 unspecified atom stereocenters. The highest BCUT2D eigenvalue weighted by Gasteiger charge is 2.25. The van der Waals surface area contributed by atoms with Crippen LogP contribution in [-0.2, 0) is 4.79 Å². The highest BCUT2D eigenvalue weighted by atomic mass is 35.5. The minimum atomic E-state index is -0.961. The molecule has 0 aromatic carbocycles. The molecule has 0 bridgehead atoms. The summed E-state index contributed by atoms with van der Waals surface area (Å²) in [5.74, 6) is 0. The van der Waals surface area contributed by atoms with Crippen molar-refractivity contribution in [3.8, 4) is 6.07 Å². The summed E-state index contributed by atoms with van der Waals surface area (Å²) in [7, 11) is 0. The second kappa shape index (κ2) is 5.95. The summed E-state index contributed by atoms with van der Waals surface area (Å²) < 4.78 is 0. The van der Waals surface area contributed by atoms with Crippen molar-refractivity contribution < 1.29 is 4.79 Å². The van der Waals surface area contributed by atoms with Gasteiger partial charge in [0.2, 0.25) is 5.24 Å². The molecule has 5 heteroatoms. The number of rotatable bonds is 6. The van der Waals surface area contributed by atoms with E-state index in [0.717, 1.165) is 6.42 Å². The second-order valence-corrected chi connectivity index (χ2v) is 5.03. The Hall–Kier alpha value is -0.950. The first-order valence-corrected chi connectivity index (χ1v) is 5.66. The van der Waals surface area contributed by atoms with Crippen LogP contribution in [0, 0.1) is 11.3 Å². The normalized spacial score (nSPS) is 15.8. The van der Waals surface area contributed by atoms with Crippen molar-refractivity contribution in [2.24, 2.45) is 10.2 Å². The van der Waals surface area contributed by atoms with E-state index >= 15 is 0 Å².